The molecule has 0 aliphatic carbocycles. The minimum absolute atomic E-state index is 0.0295. The van der Waals surface area contributed by atoms with E-state index in [0.717, 1.165) is 0 Å². The van der Waals surface area contributed by atoms with Crippen LogP contribution in [0.4, 0.5) is 17.6 Å². The van der Waals surface area contributed by atoms with Gasteiger partial charge in [0, 0.05) is 0 Å². The van der Waals surface area contributed by atoms with Gasteiger partial charge in [-0.1, -0.05) is 0 Å². The SMILES string of the molecule is O=C(O)c1cc(C(F)(F)F)cc(F)c1O. The summed E-state index contributed by atoms with van der Waals surface area (Å²) in [7, 11) is 0. The van der Waals surface area contributed by atoms with E-state index in [9.17, 15) is 22.4 Å². The lowest BCUT2D eigenvalue weighted by Gasteiger charge is -2.08. The third-order valence-electron chi connectivity index (χ3n) is 1.62. The largest absolute Gasteiger partial charge is 0.504 e. The highest BCUT2D eigenvalue weighted by Gasteiger charge is 2.33. The van der Waals surface area contributed by atoms with Crippen LogP contribution in [0.2, 0.25) is 0 Å². The second-order valence-corrected chi connectivity index (χ2v) is 2.66. The predicted octanol–water partition coefficient (Wildman–Crippen LogP) is 2.25. The average Bonchev–Trinajstić information content (AvgIpc) is 2.06. The maximum atomic E-state index is 12.7. The van der Waals surface area contributed by atoms with Gasteiger partial charge in [-0.2, -0.15) is 13.2 Å². The highest BCUT2D eigenvalue weighted by atomic mass is 19.4. The van der Waals surface area contributed by atoms with Crippen LogP contribution in [-0.4, -0.2) is 16.2 Å². The predicted molar refractivity (Wildman–Crippen MR) is 40.0 cm³/mol. The fourth-order valence-corrected chi connectivity index (χ4v) is 0.926. The van der Waals surface area contributed by atoms with Crippen molar-refractivity contribution in [1.29, 1.82) is 0 Å². The maximum absolute atomic E-state index is 12.7. The second kappa shape index (κ2) is 3.41. The number of carbonyl (C=O) groups is 1. The van der Waals surface area contributed by atoms with Crippen LogP contribution in [0.3, 0.4) is 0 Å². The smallest absolute Gasteiger partial charge is 0.416 e. The molecule has 0 amide bonds. The average molecular weight is 224 g/mol. The fraction of sp³-hybridized carbons (Fsp3) is 0.125. The van der Waals surface area contributed by atoms with Crippen molar-refractivity contribution in [3.63, 3.8) is 0 Å². The van der Waals surface area contributed by atoms with Crippen molar-refractivity contribution < 1.29 is 32.6 Å². The molecule has 1 aromatic rings. The number of aromatic hydroxyl groups is 1. The van der Waals surface area contributed by atoms with Crippen molar-refractivity contribution >= 4 is 5.97 Å². The van der Waals surface area contributed by atoms with Crippen LogP contribution in [-0.2, 0) is 6.18 Å². The van der Waals surface area contributed by atoms with Gasteiger partial charge in [0.25, 0.3) is 0 Å². The molecule has 7 heteroatoms. The first kappa shape index (κ1) is 11.3. The Morgan fingerprint density at radius 1 is 1.27 bits per heavy atom. The molecule has 1 rings (SSSR count). The van der Waals surface area contributed by atoms with E-state index in [1.165, 1.54) is 0 Å². The molecule has 0 saturated carbocycles. The van der Waals surface area contributed by atoms with E-state index in [-0.39, 0.29) is 12.1 Å². The first-order valence-electron chi connectivity index (χ1n) is 3.56. The van der Waals surface area contributed by atoms with Gasteiger partial charge in [-0.3, -0.25) is 0 Å². The van der Waals surface area contributed by atoms with Crippen molar-refractivity contribution in [3.8, 4) is 5.75 Å². The highest BCUT2D eigenvalue weighted by Crippen LogP contribution is 2.33. The Bertz CT molecular complexity index is 411. The fourth-order valence-electron chi connectivity index (χ4n) is 0.926. The van der Waals surface area contributed by atoms with Crippen molar-refractivity contribution in [3.05, 3.63) is 29.1 Å². The zero-order valence-corrected chi connectivity index (χ0v) is 6.97. The quantitative estimate of drug-likeness (QED) is 0.719. The summed E-state index contributed by atoms with van der Waals surface area (Å²) in [4.78, 5) is 10.4. The minimum atomic E-state index is -4.86. The zero-order chi connectivity index (χ0) is 11.8. The Morgan fingerprint density at radius 2 is 1.80 bits per heavy atom. The van der Waals surface area contributed by atoms with Gasteiger partial charge in [0.1, 0.15) is 5.56 Å². The number of halogens is 4. The van der Waals surface area contributed by atoms with Crippen molar-refractivity contribution in [2.75, 3.05) is 0 Å². The van der Waals surface area contributed by atoms with Gasteiger partial charge in [-0.05, 0) is 12.1 Å². The Morgan fingerprint density at radius 3 is 2.20 bits per heavy atom. The lowest BCUT2D eigenvalue weighted by molar-refractivity contribution is -0.137. The van der Waals surface area contributed by atoms with Gasteiger partial charge in [0.15, 0.2) is 11.6 Å². The number of rotatable bonds is 1. The number of alkyl halides is 3. The normalized spacial score (nSPS) is 11.5. The number of benzene rings is 1. The number of aromatic carboxylic acids is 1. The van der Waals surface area contributed by atoms with Gasteiger partial charge >= 0.3 is 12.1 Å². The van der Waals surface area contributed by atoms with E-state index in [0.29, 0.717) is 0 Å². The number of hydrogen-bond acceptors (Lipinski definition) is 2. The summed E-state index contributed by atoms with van der Waals surface area (Å²) in [6.45, 7) is 0. The van der Waals surface area contributed by atoms with E-state index in [1.807, 2.05) is 0 Å². The molecule has 0 bridgehead atoms. The molecule has 0 unspecified atom stereocenters. The van der Waals surface area contributed by atoms with E-state index in [4.69, 9.17) is 10.2 Å². The molecule has 3 nitrogen and oxygen atoms in total. The molecule has 15 heavy (non-hydrogen) atoms. The monoisotopic (exact) mass is 224 g/mol. The molecule has 0 atom stereocenters. The van der Waals surface area contributed by atoms with Gasteiger partial charge in [-0.25, -0.2) is 9.18 Å². The lowest BCUT2D eigenvalue weighted by Crippen LogP contribution is -2.08. The molecule has 82 valence electrons. The van der Waals surface area contributed by atoms with Crippen LogP contribution in [0.5, 0.6) is 5.75 Å². The number of carboxylic acids is 1. The highest BCUT2D eigenvalue weighted by molar-refractivity contribution is 5.91. The molecule has 2 N–H and O–H groups in total. The minimum Gasteiger partial charge on any atom is -0.504 e. The van der Waals surface area contributed by atoms with Crippen LogP contribution >= 0.6 is 0 Å². The second-order valence-electron chi connectivity index (χ2n) is 2.66. The van der Waals surface area contributed by atoms with Gasteiger partial charge in [0.2, 0.25) is 0 Å². The van der Waals surface area contributed by atoms with Crippen molar-refractivity contribution in [2.45, 2.75) is 6.18 Å². The molecule has 0 radical (unpaired) electrons. The topological polar surface area (TPSA) is 57.5 Å². The van der Waals surface area contributed by atoms with Crippen LogP contribution in [0, 0.1) is 5.82 Å². The maximum Gasteiger partial charge on any atom is 0.416 e. The molecule has 0 spiro atoms. The summed E-state index contributed by atoms with van der Waals surface area (Å²) in [6.07, 6.45) is -4.86. The van der Waals surface area contributed by atoms with Crippen molar-refractivity contribution in [1.82, 2.24) is 0 Å². The van der Waals surface area contributed by atoms with Gasteiger partial charge in [-0.15, -0.1) is 0 Å². The van der Waals surface area contributed by atoms with E-state index in [2.05, 4.69) is 0 Å². The molecule has 0 fully saturated rings. The zero-order valence-electron chi connectivity index (χ0n) is 6.97. The molecule has 0 aliphatic heterocycles. The van der Waals surface area contributed by atoms with Crippen LogP contribution in [0.25, 0.3) is 0 Å². The van der Waals surface area contributed by atoms with Crippen LogP contribution in [0.15, 0.2) is 12.1 Å². The first-order chi connectivity index (χ1) is 6.73. The molecule has 0 aromatic heterocycles. The number of carboxylic acid groups (broad SMARTS) is 1. The summed E-state index contributed by atoms with van der Waals surface area (Å²) in [5.74, 6) is -4.77. The van der Waals surface area contributed by atoms with E-state index < -0.39 is 34.8 Å². The molecule has 0 heterocycles. The number of phenols is 1. The molecule has 0 saturated heterocycles. The third kappa shape index (κ3) is 2.17. The summed E-state index contributed by atoms with van der Waals surface area (Å²) >= 11 is 0. The van der Waals surface area contributed by atoms with Crippen molar-refractivity contribution in [2.24, 2.45) is 0 Å². The summed E-state index contributed by atoms with van der Waals surface area (Å²) in [6, 6.07) is 0.197. The summed E-state index contributed by atoms with van der Waals surface area (Å²) in [5, 5.41) is 17.2. The van der Waals surface area contributed by atoms with E-state index in [1.54, 1.807) is 0 Å². The summed E-state index contributed by atoms with van der Waals surface area (Å²) < 4.78 is 49.0. The molecular weight excluding hydrogens is 220 g/mol. The van der Waals surface area contributed by atoms with E-state index >= 15 is 0 Å². The Kier molecular flexibility index (Phi) is 2.57. The van der Waals surface area contributed by atoms with Gasteiger partial charge < -0.3 is 10.2 Å². The Hall–Kier alpha value is -1.79. The lowest BCUT2D eigenvalue weighted by atomic mass is 10.1. The number of hydrogen-bond donors (Lipinski definition) is 2. The molecule has 0 aliphatic rings. The van der Waals surface area contributed by atoms with Gasteiger partial charge in [0.05, 0.1) is 5.56 Å². The first-order valence-corrected chi connectivity index (χ1v) is 3.56. The van der Waals surface area contributed by atoms with Crippen LogP contribution in [0.1, 0.15) is 15.9 Å². The summed E-state index contributed by atoms with van der Waals surface area (Å²) in [5.41, 5.74) is -2.59. The third-order valence-corrected chi connectivity index (χ3v) is 1.62. The Labute approximate surface area is 80.6 Å². The standard InChI is InChI=1S/C8H4F4O3/c9-5-2-3(8(10,11)12)1-4(6(5)13)7(14)15/h1-2,13H,(H,14,15). The molecular formula is C8H4F4O3. The van der Waals surface area contributed by atoms with Crippen LogP contribution < -0.4 is 0 Å². The molecule has 1 aromatic carbocycles. The Balaban J connectivity index is 3.43.